The number of nitrogens with zero attached hydrogens (tertiary/aromatic N) is 2. The Bertz CT molecular complexity index is 1100. The van der Waals surface area contributed by atoms with Crippen LogP contribution in [-0.2, 0) is 0 Å². The molecular weight excluding hydrogens is 328 g/mol. The molecule has 0 saturated heterocycles. The quantitative estimate of drug-likeness (QED) is 0.431. The molecule has 2 heteroatoms. The first kappa shape index (κ1) is 15.8. The highest BCUT2D eigenvalue weighted by Crippen LogP contribution is 2.36. The van der Waals surface area contributed by atoms with Crippen LogP contribution in [0.3, 0.4) is 0 Å². The third-order valence-electron chi connectivity index (χ3n) is 5.20. The fourth-order valence-corrected chi connectivity index (χ4v) is 3.81. The molecule has 4 aromatic carbocycles. The molecule has 1 aliphatic heterocycles. The SMILES string of the molecule is c1ccc([C@H]2CC(c3ccc4ccccc4c3)=NN2c2ccccc2)cc1. The van der Waals surface area contributed by atoms with E-state index in [0.29, 0.717) is 0 Å². The number of hydrazone groups is 1. The average molecular weight is 348 g/mol. The molecule has 130 valence electrons. The second-order valence-electron chi connectivity index (χ2n) is 6.92. The minimum Gasteiger partial charge on any atom is -0.257 e. The standard InChI is InChI=1S/C25H20N2/c1-3-10-20(11-4-1)25-18-24(26-27(25)23-13-5-2-6-14-23)22-16-15-19-9-7-8-12-21(19)17-22/h1-17,25H,18H2/t25-/m1/s1. The van der Waals surface area contributed by atoms with E-state index in [0.717, 1.165) is 17.8 Å². The zero-order chi connectivity index (χ0) is 18.1. The lowest BCUT2D eigenvalue weighted by Gasteiger charge is -2.23. The summed E-state index contributed by atoms with van der Waals surface area (Å²) in [4.78, 5) is 0. The van der Waals surface area contributed by atoms with E-state index in [1.54, 1.807) is 0 Å². The van der Waals surface area contributed by atoms with Crippen molar-refractivity contribution in [1.82, 2.24) is 0 Å². The van der Waals surface area contributed by atoms with Gasteiger partial charge in [0.15, 0.2) is 0 Å². The van der Waals surface area contributed by atoms with Crippen LogP contribution in [0.25, 0.3) is 10.8 Å². The second kappa shape index (κ2) is 6.73. The van der Waals surface area contributed by atoms with Crippen LogP contribution in [0.4, 0.5) is 5.69 Å². The molecule has 0 unspecified atom stereocenters. The molecule has 0 amide bonds. The van der Waals surface area contributed by atoms with Gasteiger partial charge in [-0.1, -0.05) is 84.9 Å². The maximum atomic E-state index is 5.04. The van der Waals surface area contributed by atoms with E-state index in [-0.39, 0.29) is 6.04 Å². The van der Waals surface area contributed by atoms with Gasteiger partial charge in [-0.05, 0) is 40.1 Å². The van der Waals surface area contributed by atoms with Crippen molar-refractivity contribution in [3.8, 4) is 0 Å². The van der Waals surface area contributed by atoms with Gasteiger partial charge in [-0.3, -0.25) is 5.01 Å². The Balaban J connectivity index is 1.58. The molecule has 0 radical (unpaired) electrons. The second-order valence-corrected chi connectivity index (χ2v) is 6.92. The number of fused-ring (bicyclic) bond motifs is 1. The summed E-state index contributed by atoms with van der Waals surface area (Å²) in [6, 6.07) is 36.4. The highest BCUT2D eigenvalue weighted by Gasteiger charge is 2.29. The van der Waals surface area contributed by atoms with Crippen LogP contribution in [0, 0.1) is 0 Å². The maximum Gasteiger partial charge on any atom is 0.0831 e. The Morgan fingerprint density at radius 1 is 0.667 bits per heavy atom. The molecule has 0 aliphatic carbocycles. The molecule has 0 fully saturated rings. The Labute approximate surface area is 159 Å². The highest BCUT2D eigenvalue weighted by molar-refractivity contribution is 6.05. The summed E-state index contributed by atoms with van der Waals surface area (Å²) in [6.07, 6.45) is 0.900. The van der Waals surface area contributed by atoms with Crippen molar-refractivity contribution in [3.05, 3.63) is 114 Å². The van der Waals surface area contributed by atoms with E-state index >= 15 is 0 Å². The fourth-order valence-electron chi connectivity index (χ4n) is 3.81. The van der Waals surface area contributed by atoms with E-state index in [4.69, 9.17) is 5.10 Å². The van der Waals surface area contributed by atoms with Gasteiger partial charge in [-0.2, -0.15) is 5.10 Å². The van der Waals surface area contributed by atoms with Crippen LogP contribution in [0.15, 0.2) is 108 Å². The molecule has 27 heavy (non-hydrogen) atoms. The molecule has 1 atom stereocenters. The Hall–Kier alpha value is -3.39. The number of hydrogen-bond acceptors (Lipinski definition) is 2. The molecule has 5 rings (SSSR count). The molecule has 0 spiro atoms. The smallest absolute Gasteiger partial charge is 0.0831 e. The number of rotatable bonds is 3. The van der Waals surface area contributed by atoms with Gasteiger partial charge in [-0.25, -0.2) is 0 Å². The largest absolute Gasteiger partial charge is 0.257 e. The predicted octanol–water partition coefficient (Wildman–Crippen LogP) is 6.20. The topological polar surface area (TPSA) is 15.6 Å². The van der Waals surface area contributed by atoms with Crippen LogP contribution in [-0.4, -0.2) is 5.71 Å². The molecule has 2 nitrogen and oxygen atoms in total. The van der Waals surface area contributed by atoms with Crippen LogP contribution < -0.4 is 5.01 Å². The lowest BCUT2D eigenvalue weighted by Crippen LogP contribution is -2.18. The van der Waals surface area contributed by atoms with Crippen molar-refractivity contribution in [2.24, 2.45) is 5.10 Å². The monoisotopic (exact) mass is 348 g/mol. The molecule has 0 aromatic heterocycles. The van der Waals surface area contributed by atoms with Gasteiger partial charge >= 0.3 is 0 Å². The number of benzene rings is 4. The summed E-state index contributed by atoms with van der Waals surface area (Å²) in [5, 5.41) is 9.73. The predicted molar refractivity (Wildman–Crippen MR) is 113 cm³/mol. The first-order valence-electron chi connectivity index (χ1n) is 9.34. The normalized spacial score (nSPS) is 16.5. The molecule has 1 heterocycles. The fraction of sp³-hybridized carbons (Fsp3) is 0.0800. The van der Waals surface area contributed by atoms with Crippen molar-refractivity contribution in [2.45, 2.75) is 12.5 Å². The molecule has 0 saturated carbocycles. The van der Waals surface area contributed by atoms with Crippen molar-refractivity contribution >= 4 is 22.2 Å². The van der Waals surface area contributed by atoms with E-state index in [1.807, 2.05) is 6.07 Å². The van der Waals surface area contributed by atoms with Gasteiger partial charge < -0.3 is 0 Å². The van der Waals surface area contributed by atoms with Crippen LogP contribution in [0.2, 0.25) is 0 Å². The molecule has 1 aliphatic rings. The third-order valence-corrected chi connectivity index (χ3v) is 5.20. The van der Waals surface area contributed by atoms with Crippen molar-refractivity contribution in [3.63, 3.8) is 0 Å². The van der Waals surface area contributed by atoms with Gasteiger partial charge in [0.25, 0.3) is 0 Å². The highest BCUT2D eigenvalue weighted by atomic mass is 15.5. The van der Waals surface area contributed by atoms with Gasteiger partial charge in [0.1, 0.15) is 0 Å². The Kier molecular flexibility index (Phi) is 3.95. The molecule has 0 N–H and O–H groups in total. The zero-order valence-corrected chi connectivity index (χ0v) is 15.0. The Morgan fingerprint density at radius 2 is 1.33 bits per heavy atom. The first-order valence-corrected chi connectivity index (χ1v) is 9.34. The van der Waals surface area contributed by atoms with Crippen LogP contribution >= 0.6 is 0 Å². The summed E-state index contributed by atoms with van der Waals surface area (Å²) in [5.74, 6) is 0. The van der Waals surface area contributed by atoms with Crippen molar-refractivity contribution in [2.75, 3.05) is 5.01 Å². The summed E-state index contributed by atoms with van der Waals surface area (Å²) in [6.45, 7) is 0. The summed E-state index contributed by atoms with van der Waals surface area (Å²) >= 11 is 0. The van der Waals surface area contributed by atoms with E-state index < -0.39 is 0 Å². The summed E-state index contributed by atoms with van der Waals surface area (Å²) in [7, 11) is 0. The lowest BCUT2D eigenvalue weighted by atomic mass is 9.97. The maximum absolute atomic E-state index is 5.04. The number of anilines is 1. The number of para-hydroxylation sites is 1. The van der Waals surface area contributed by atoms with Gasteiger partial charge in [0.2, 0.25) is 0 Å². The number of hydrogen-bond donors (Lipinski definition) is 0. The summed E-state index contributed by atoms with van der Waals surface area (Å²) < 4.78 is 0. The minimum atomic E-state index is 0.218. The zero-order valence-electron chi connectivity index (χ0n) is 15.0. The minimum absolute atomic E-state index is 0.218. The van der Waals surface area contributed by atoms with Gasteiger partial charge in [0.05, 0.1) is 17.4 Å². The van der Waals surface area contributed by atoms with Crippen LogP contribution in [0.5, 0.6) is 0 Å². The first-order chi connectivity index (χ1) is 13.4. The van der Waals surface area contributed by atoms with E-state index in [1.165, 1.54) is 21.9 Å². The van der Waals surface area contributed by atoms with E-state index in [2.05, 4.69) is 102 Å². The van der Waals surface area contributed by atoms with Crippen molar-refractivity contribution in [1.29, 1.82) is 0 Å². The van der Waals surface area contributed by atoms with Crippen molar-refractivity contribution < 1.29 is 0 Å². The Morgan fingerprint density at radius 3 is 2.11 bits per heavy atom. The molecule has 4 aromatic rings. The third kappa shape index (κ3) is 3.00. The molecule has 0 bridgehead atoms. The lowest BCUT2D eigenvalue weighted by molar-refractivity contribution is 0.709. The van der Waals surface area contributed by atoms with Crippen LogP contribution in [0.1, 0.15) is 23.6 Å². The average Bonchev–Trinajstić information content (AvgIpc) is 3.20. The van der Waals surface area contributed by atoms with Gasteiger partial charge in [0, 0.05) is 6.42 Å². The van der Waals surface area contributed by atoms with E-state index in [9.17, 15) is 0 Å². The summed E-state index contributed by atoms with van der Waals surface area (Å²) in [5.41, 5.74) is 4.76. The molecular formula is C25H20N2. The van der Waals surface area contributed by atoms with Gasteiger partial charge in [-0.15, -0.1) is 0 Å².